The lowest BCUT2D eigenvalue weighted by molar-refractivity contribution is -0.112. The van der Waals surface area contributed by atoms with Crippen molar-refractivity contribution >= 4 is 34.4 Å². The summed E-state index contributed by atoms with van der Waals surface area (Å²) in [5.74, 6) is -2.54. The maximum Gasteiger partial charge on any atom is 0.339 e. The molecule has 0 fully saturated rings. The predicted octanol–water partition coefficient (Wildman–Crippen LogP) is 3.34. The van der Waals surface area contributed by atoms with Crippen LogP contribution in [0.15, 0.2) is 67.0 Å². The van der Waals surface area contributed by atoms with Crippen molar-refractivity contribution in [3.05, 3.63) is 83.7 Å². The number of esters is 1. The Morgan fingerprint density at radius 1 is 0.968 bits per heavy atom. The van der Waals surface area contributed by atoms with E-state index in [0.717, 1.165) is 11.3 Å². The van der Waals surface area contributed by atoms with Gasteiger partial charge in [-0.05, 0) is 31.2 Å². The van der Waals surface area contributed by atoms with Gasteiger partial charge in [-0.25, -0.2) is 14.5 Å². The van der Waals surface area contributed by atoms with Crippen LogP contribution >= 0.6 is 0 Å². The monoisotopic (exact) mass is 414 g/mol. The highest BCUT2D eigenvalue weighted by Gasteiger charge is 2.28. The molecule has 31 heavy (non-hydrogen) atoms. The van der Waals surface area contributed by atoms with Crippen LogP contribution in [0.3, 0.4) is 0 Å². The number of anilines is 1. The molecule has 0 saturated heterocycles. The van der Waals surface area contributed by atoms with Crippen LogP contribution in [0.2, 0.25) is 0 Å². The molecule has 0 spiro atoms. The van der Waals surface area contributed by atoms with Crippen LogP contribution in [-0.4, -0.2) is 39.5 Å². The lowest BCUT2D eigenvalue weighted by Crippen LogP contribution is -2.25. The number of pyridine rings is 1. The van der Waals surface area contributed by atoms with Crippen molar-refractivity contribution in [3.63, 3.8) is 0 Å². The second kappa shape index (κ2) is 8.19. The number of carbonyl (C=O) groups is 3. The number of para-hydroxylation sites is 1. The number of hydrogen-bond donors (Lipinski definition) is 1. The van der Waals surface area contributed by atoms with Gasteiger partial charge in [0.25, 0.3) is 11.7 Å². The number of carbonyl (C=O) groups excluding carboxylic acids is 3. The number of benzene rings is 2. The molecule has 8 heteroatoms. The zero-order chi connectivity index (χ0) is 22.0. The number of fused-ring (bicyclic) bond motifs is 1. The summed E-state index contributed by atoms with van der Waals surface area (Å²) in [4.78, 5) is 42.3. The molecule has 1 amide bonds. The summed E-state index contributed by atoms with van der Waals surface area (Å²) in [5, 5.41) is 7.15. The first-order chi connectivity index (χ1) is 15.0. The van der Waals surface area contributed by atoms with Gasteiger partial charge in [-0.2, -0.15) is 5.10 Å². The van der Waals surface area contributed by atoms with Crippen molar-refractivity contribution in [1.82, 2.24) is 14.8 Å². The topological polar surface area (TPSA) is 103 Å². The maximum atomic E-state index is 12.9. The van der Waals surface area contributed by atoms with Gasteiger partial charge in [-0.3, -0.25) is 9.59 Å². The number of ether oxygens (including phenoxy) is 1. The average molecular weight is 414 g/mol. The van der Waals surface area contributed by atoms with Crippen LogP contribution in [0.1, 0.15) is 26.3 Å². The highest BCUT2D eigenvalue weighted by molar-refractivity contribution is 6.48. The van der Waals surface area contributed by atoms with E-state index in [4.69, 9.17) is 4.74 Å². The molecular weight excluding hydrogens is 396 g/mol. The quantitative estimate of drug-likeness (QED) is 0.305. The van der Waals surface area contributed by atoms with Gasteiger partial charge in [0, 0.05) is 11.9 Å². The first kappa shape index (κ1) is 20.0. The van der Waals surface area contributed by atoms with Crippen LogP contribution in [-0.2, 0) is 9.53 Å². The number of amides is 1. The minimum atomic E-state index is -0.900. The van der Waals surface area contributed by atoms with E-state index in [0.29, 0.717) is 16.7 Å². The van der Waals surface area contributed by atoms with Gasteiger partial charge >= 0.3 is 5.97 Å². The van der Waals surface area contributed by atoms with Crippen LogP contribution in [0.25, 0.3) is 16.7 Å². The average Bonchev–Trinajstić information content (AvgIpc) is 3.23. The van der Waals surface area contributed by atoms with Gasteiger partial charge in [0.2, 0.25) is 0 Å². The molecule has 8 nitrogen and oxygen atoms in total. The number of hydrogen-bond acceptors (Lipinski definition) is 6. The number of rotatable bonds is 5. The van der Waals surface area contributed by atoms with Crippen LogP contribution in [0, 0.1) is 6.92 Å². The lowest BCUT2D eigenvalue weighted by Gasteiger charge is -2.09. The van der Waals surface area contributed by atoms with Crippen molar-refractivity contribution in [2.24, 2.45) is 0 Å². The molecule has 4 rings (SSSR count). The maximum absolute atomic E-state index is 12.9. The Labute approximate surface area is 177 Å². The number of aromatic nitrogens is 3. The van der Waals surface area contributed by atoms with Crippen LogP contribution in [0.5, 0.6) is 0 Å². The van der Waals surface area contributed by atoms with Crippen LogP contribution in [0.4, 0.5) is 5.69 Å². The Morgan fingerprint density at radius 3 is 2.35 bits per heavy atom. The number of nitrogens with zero attached hydrogens (tertiary/aromatic N) is 3. The zero-order valence-corrected chi connectivity index (χ0v) is 16.8. The molecule has 0 aliphatic rings. The highest BCUT2D eigenvalue weighted by atomic mass is 16.5. The van der Waals surface area contributed by atoms with Gasteiger partial charge in [0.05, 0.1) is 35.5 Å². The molecule has 2 aromatic carbocycles. The van der Waals surface area contributed by atoms with E-state index < -0.39 is 17.7 Å². The lowest BCUT2D eigenvalue weighted by atomic mass is 10.0. The Morgan fingerprint density at radius 2 is 1.68 bits per heavy atom. The first-order valence-corrected chi connectivity index (χ1v) is 9.42. The molecule has 0 aliphatic carbocycles. The third-order valence-electron chi connectivity index (χ3n) is 4.75. The molecule has 0 radical (unpaired) electrons. The molecule has 1 N–H and O–H groups in total. The smallest absolute Gasteiger partial charge is 0.339 e. The minimum absolute atomic E-state index is 0.0567. The van der Waals surface area contributed by atoms with Crippen molar-refractivity contribution in [2.45, 2.75) is 6.92 Å². The van der Waals surface area contributed by atoms with Crippen molar-refractivity contribution in [3.8, 4) is 5.69 Å². The molecular formula is C23H18N4O4. The zero-order valence-electron chi connectivity index (χ0n) is 16.8. The SMILES string of the molecule is COC(=O)c1c(C(=O)C(=O)Nc2ccc(C)cc2)cnc2c1cnn2-c1ccccc1. The molecule has 2 aromatic heterocycles. The number of nitrogens with one attached hydrogen (secondary N) is 1. The van der Waals surface area contributed by atoms with Gasteiger partial charge in [-0.1, -0.05) is 35.9 Å². The molecule has 4 aromatic rings. The second-order valence-corrected chi connectivity index (χ2v) is 6.82. The largest absolute Gasteiger partial charge is 0.465 e. The summed E-state index contributed by atoms with van der Waals surface area (Å²) >= 11 is 0. The number of methoxy groups -OCH3 is 1. The fourth-order valence-corrected chi connectivity index (χ4v) is 3.18. The Kier molecular flexibility index (Phi) is 5.28. The third kappa shape index (κ3) is 3.78. The predicted molar refractivity (Wildman–Crippen MR) is 114 cm³/mol. The van der Waals surface area contributed by atoms with E-state index in [9.17, 15) is 14.4 Å². The molecule has 0 atom stereocenters. The molecule has 154 valence electrons. The number of aryl methyl sites for hydroxylation is 1. The standard InChI is InChI=1S/C23H18N4O4/c1-14-8-10-15(11-9-14)26-22(29)20(28)17-12-24-21-18(19(17)23(30)31-2)13-25-27(21)16-6-4-3-5-7-16/h3-13H,1-2H3,(H,26,29). The van der Waals surface area contributed by atoms with Gasteiger partial charge in [-0.15, -0.1) is 0 Å². The summed E-state index contributed by atoms with van der Waals surface area (Å²) in [6, 6.07) is 16.2. The van der Waals surface area contributed by atoms with E-state index in [1.54, 1.807) is 16.8 Å². The van der Waals surface area contributed by atoms with E-state index in [-0.39, 0.29) is 11.1 Å². The summed E-state index contributed by atoms with van der Waals surface area (Å²) in [7, 11) is 1.21. The van der Waals surface area contributed by atoms with Crippen LogP contribution < -0.4 is 5.32 Å². The Hall–Kier alpha value is -4.33. The molecule has 0 saturated carbocycles. The van der Waals surface area contributed by atoms with Crippen molar-refractivity contribution in [1.29, 1.82) is 0 Å². The van der Waals surface area contributed by atoms with Gasteiger partial charge in [0.1, 0.15) is 0 Å². The highest BCUT2D eigenvalue weighted by Crippen LogP contribution is 2.24. The summed E-state index contributed by atoms with van der Waals surface area (Å²) in [6.07, 6.45) is 2.63. The fourth-order valence-electron chi connectivity index (χ4n) is 3.18. The second-order valence-electron chi connectivity index (χ2n) is 6.82. The van der Waals surface area contributed by atoms with Crippen molar-refractivity contribution in [2.75, 3.05) is 12.4 Å². The summed E-state index contributed by atoms with van der Waals surface area (Å²) < 4.78 is 6.42. The normalized spacial score (nSPS) is 10.6. The van der Waals surface area contributed by atoms with E-state index in [1.807, 2.05) is 49.4 Å². The number of Topliss-reactive ketones (excluding diaryl/α,β-unsaturated/α-hetero) is 1. The Balaban J connectivity index is 1.76. The molecule has 0 aliphatic heterocycles. The fraction of sp³-hybridized carbons (Fsp3) is 0.0870. The summed E-state index contributed by atoms with van der Waals surface area (Å²) in [6.45, 7) is 1.91. The van der Waals surface area contributed by atoms with Gasteiger partial charge < -0.3 is 10.1 Å². The van der Waals surface area contributed by atoms with E-state index in [1.165, 1.54) is 19.5 Å². The van der Waals surface area contributed by atoms with E-state index in [2.05, 4.69) is 15.4 Å². The third-order valence-corrected chi connectivity index (χ3v) is 4.75. The van der Waals surface area contributed by atoms with Gasteiger partial charge in [0.15, 0.2) is 5.65 Å². The Bertz CT molecular complexity index is 1290. The van der Waals surface area contributed by atoms with E-state index >= 15 is 0 Å². The molecule has 2 heterocycles. The summed E-state index contributed by atoms with van der Waals surface area (Å²) in [5.41, 5.74) is 2.37. The van der Waals surface area contributed by atoms with Crippen molar-refractivity contribution < 1.29 is 19.1 Å². The first-order valence-electron chi connectivity index (χ1n) is 9.42. The number of ketones is 1. The molecule has 0 bridgehead atoms. The molecule has 0 unspecified atom stereocenters. The minimum Gasteiger partial charge on any atom is -0.465 e.